The van der Waals surface area contributed by atoms with Crippen LogP contribution >= 0.6 is 0 Å². The third-order valence-electron chi connectivity index (χ3n) is 3.69. The number of nitrogens with one attached hydrogen (secondary N) is 3. The van der Waals surface area contributed by atoms with Crippen LogP contribution in [0.25, 0.3) is 0 Å². The minimum absolute atomic E-state index is 0.227. The van der Waals surface area contributed by atoms with Crippen LogP contribution in [0, 0.1) is 0 Å². The first-order valence-electron chi connectivity index (χ1n) is 7.72. The van der Waals surface area contributed by atoms with Crippen LogP contribution in [0.4, 0.5) is 0 Å². The minimum Gasteiger partial charge on any atom is -0.480 e. The van der Waals surface area contributed by atoms with E-state index in [0.717, 1.165) is 19.4 Å². The molecule has 3 atom stereocenters. The first-order valence-corrected chi connectivity index (χ1v) is 7.72. The van der Waals surface area contributed by atoms with Crippen molar-refractivity contribution in [2.45, 2.75) is 57.2 Å². The Morgan fingerprint density at radius 2 is 2.05 bits per heavy atom. The summed E-state index contributed by atoms with van der Waals surface area (Å²) in [4.78, 5) is 35.1. The van der Waals surface area contributed by atoms with Crippen molar-refractivity contribution in [2.75, 3.05) is 13.1 Å². The highest BCUT2D eigenvalue weighted by Gasteiger charge is 2.27. The van der Waals surface area contributed by atoms with Gasteiger partial charge in [0.25, 0.3) is 0 Å². The van der Waals surface area contributed by atoms with Crippen molar-refractivity contribution in [1.82, 2.24) is 16.0 Å². The lowest BCUT2D eigenvalue weighted by Crippen LogP contribution is -2.53. The third-order valence-corrected chi connectivity index (χ3v) is 3.69. The largest absolute Gasteiger partial charge is 0.480 e. The van der Waals surface area contributed by atoms with Gasteiger partial charge in [0.05, 0.1) is 6.04 Å². The number of hydrogen-bond donors (Lipinski definition) is 5. The molecular weight excluding hydrogens is 288 g/mol. The number of rotatable bonds is 9. The van der Waals surface area contributed by atoms with Crippen molar-refractivity contribution in [3.8, 4) is 0 Å². The number of carboxylic acids is 1. The number of aliphatic carboxylic acids is 1. The molecule has 0 aromatic heterocycles. The average molecular weight is 314 g/mol. The Balaban J connectivity index is 2.42. The molecule has 0 bridgehead atoms. The van der Waals surface area contributed by atoms with Crippen molar-refractivity contribution in [3.63, 3.8) is 0 Å². The predicted octanol–water partition coefficient (Wildman–Crippen LogP) is -1.06. The molecule has 22 heavy (non-hydrogen) atoms. The van der Waals surface area contributed by atoms with E-state index in [1.54, 1.807) is 6.92 Å². The van der Waals surface area contributed by atoms with Gasteiger partial charge in [0.2, 0.25) is 11.8 Å². The highest BCUT2D eigenvalue weighted by Crippen LogP contribution is 2.05. The van der Waals surface area contributed by atoms with Crippen LogP contribution in [-0.2, 0) is 14.4 Å². The van der Waals surface area contributed by atoms with Gasteiger partial charge < -0.3 is 26.8 Å². The van der Waals surface area contributed by atoms with Crippen LogP contribution in [0.15, 0.2) is 0 Å². The second kappa shape index (κ2) is 9.37. The van der Waals surface area contributed by atoms with Crippen LogP contribution in [-0.4, -0.2) is 54.1 Å². The summed E-state index contributed by atoms with van der Waals surface area (Å²) in [6.45, 7) is 2.82. The second-order valence-electron chi connectivity index (χ2n) is 5.56. The molecule has 2 amide bonds. The van der Waals surface area contributed by atoms with Crippen molar-refractivity contribution in [3.05, 3.63) is 0 Å². The molecule has 0 aromatic carbocycles. The fourth-order valence-corrected chi connectivity index (χ4v) is 2.33. The van der Waals surface area contributed by atoms with E-state index in [1.807, 2.05) is 0 Å². The maximum Gasteiger partial charge on any atom is 0.326 e. The molecule has 1 aliphatic rings. The zero-order valence-electron chi connectivity index (χ0n) is 12.9. The van der Waals surface area contributed by atoms with Gasteiger partial charge in [0.15, 0.2) is 0 Å². The van der Waals surface area contributed by atoms with Crippen LogP contribution in [0.3, 0.4) is 0 Å². The van der Waals surface area contributed by atoms with Gasteiger partial charge in [-0.25, -0.2) is 4.79 Å². The lowest BCUT2D eigenvalue weighted by molar-refractivity contribution is -0.142. The second-order valence-corrected chi connectivity index (χ2v) is 5.56. The monoisotopic (exact) mass is 314 g/mol. The molecule has 8 heteroatoms. The molecule has 126 valence electrons. The predicted molar refractivity (Wildman–Crippen MR) is 81.1 cm³/mol. The zero-order valence-corrected chi connectivity index (χ0v) is 12.9. The third kappa shape index (κ3) is 5.98. The summed E-state index contributed by atoms with van der Waals surface area (Å²) < 4.78 is 0. The molecule has 0 aromatic rings. The molecule has 0 saturated carbocycles. The Morgan fingerprint density at radius 1 is 1.32 bits per heavy atom. The van der Waals surface area contributed by atoms with Gasteiger partial charge in [-0.2, -0.15) is 0 Å². The van der Waals surface area contributed by atoms with E-state index in [-0.39, 0.29) is 11.9 Å². The van der Waals surface area contributed by atoms with E-state index in [9.17, 15) is 14.4 Å². The highest BCUT2D eigenvalue weighted by atomic mass is 16.4. The number of unbranched alkanes of at least 4 members (excludes halogenated alkanes) is 1. The summed E-state index contributed by atoms with van der Waals surface area (Å²) in [7, 11) is 0. The first-order chi connectivity index (χ1) is 10.5. The summed E-state index contributed by atoms with van der Waals surface area (Å²) in [6.07, 6.45) is 3.33. The average Bonchev–Trinajstić information content (AvgIpc) is 3.00. The lowest BCUT2D eigenvalue weighted by Gasteiger charge is -2.20. The van der Waals surface area contributed by atoms with Crippen molar-refractivity contribution < 1.29 is 19.5 Å². The number of carbonyl (C=O) groups is 3. The molecule has 1 saturated heterocycles. The number of hydrogen-bond acceptors (Lipinski definition) is 5. The van der Waals surface area contributed by atoms with E-state index in [0.29, 0.717) is 25.8 Å². The van der Waals surface area contributed by atoms with Crippen molar-refractivity contribution in [1.29, 1.82) is 0 Å². The molecule has 1 fully saturated rings. The summed E-state index contributed by atoms with van der Waals surface area (Å²) in [6, 6.07) is -2.00. The Kier molecular flexibility index (Phi) is 7.83. The lowest BCUT2D eigenvalue weighted by atomic mass is 10.1. The van der Waals surface area contributed by atoms with E-state index in [2.05, 4.69) is 16.0 Å². The molecule has 1 heterocycles. The molecule has 1 aliphatic heterocycles. The summed E-state index contributed by atoms with van der Waals surface area (Å²) >= 11 is 0. The molecule has 6 N–H and O–H groups in total. The Morgan fingerprint density at radius 3 is 2.59 bits per heavy atom. The van der Waals surface area contributed by atoms with E-state index in [1.165, 1.54) is 0 Å². The highest BCUT2D eigenvalue weighted by molar-refractivity contribution is 5.91. The van der Waals surface area contributed by atoms with Gasteiger partial charge in [-0.3, -0.25) is 9.59 Å². The first kappa shape index (κ1) is 18.4. The summed E-state index contributed by atoms with van der Waals surface area (Å²) in [5.74, 6) is -1.80. The number of amides is 2. The van der Waals surface area contributed by atoms with Gasteiger partial charge in [0.1, 0.15) is 12.1 Å². The van der Waals surface area contributed by atoms with Crippen molar-refractivity contribution >= 4 is 17.8 Å². The van der Waals surface area contributed by atoms with Gasteiger partial charge in [0, 0.05) is 0 Å². The zero-order chi connectivity index (χ0) is 16.5. The van der Waals surface area contributed by atoms with Crippen LogP contribution < -0.4 is 21.7 Å². The standard InChI is InChI=1S/C14H26N4O4/c1-9(17-13(20)10-6-4-8-16-10)12(19)18-11(14(21)22)5-2-3-7-15/h9-11,16H,2-8,15H2,1H3,(H,17,20)(H,18,19)(H,21,22). The Bertz CT molecular complexity index is 396. The molecule has 0 aliphatic carbocycles. The van der Waals surface area contributed by atoms with Crippen LogP contribution in [0.1, 0.15) is 39.0 Å². The van der Waals surface area contributed by atoms with Gasteiger partial charge in [-0.05, 0) is 52.1 Å². The fourth-order valence-electron chi connectivity index (χ4n) is 2.33. The Labute approximate surface area is 130 Å². The van der Waals surface area contributed by atoms with Gasteiger partial charge >= 0.3 is 5.97 Å². The maximum atomic E-state index is 12.0. The van der Waals surface area contributed by atoms with Gasteiger partial charge in [-0.1, -0.05) is 0 Å². The number of carboxylic acid groups (broad SMARTS) is 1. The summed E-state index contributed by atoms with van der Waals surface area (Å²) in [5.41, 5.74) is 5.37. The number of carbonyl (C=O) groups excluding carboxylic acids is 2. The Hall–Kier alpha value is -1.67. The van der Waals surface area contributed by atoms with E-state index in [4.69, 9.17) is 10.8 Å². The topological polar surface area (TPSA) is 134 Å². The minimum atomic E-state index is -1.08. The van der Waals surface area contributed by atoms with Gasteiger partial charge in [-0.15, -0.1) is 0 Å². The molecule has 0 spiro atoms. The van der Waals surface area contributed by atoms with Crippen LogP contribution in [0.2, 0.25) is 0 Å². The SMILES string of the molecule is CC(NC(=O)C1CCCN1)C(=O)NC(CCCCN)C(=O)O. The molecule has 0 radical (unpaired) electrons. The van der Waals surface area contributed by atoms with E-state index >= 15 is 0 Å². The molecule has 8 nitrogen and oxygen atoms in total. The smallest absolute Gasteiger partial charge is 0.326 e. The van der Waals surface area contributed by atoms with Crippen molar-refractivity contribution in [2.24, 2.45) is 5.73 Å². The normalized spacial score (nSPS) is 20.2. The molecule has 3 unspecified atom stereocenters. The van der Waals surface area contributed by atoms with E-state index < -0.39 is 24.0 Å². The summed E-state index contributed by atoms with van der Waals surface area (Å²) in [5, 5.41) is 17.2. The molecular formula is C14H26N4O4. The number of nitrogens with two attached hydrogens (primary N) is 1. The fraction of sp³-hybridized carbons (Fsp3) is 0.786. The molecule has 1 rings (SSSR count). The van der Waals surface area contributed by atoms with Crippen LogP contribution in [0.5, 0.6) is 0 Å². The quantitative estimate of drug-likeness (QED) is 0.345. The maximum absolute atomic E-state index is 12.0.